The molecule has 72 valence electrons. The van der Waals surface area contributed by atoms with Crippen LogP contribution in [0.4, 0.5) is 0 Å². The molecule has 1 aliphatic rings. The van der Waals surface area contributed by atoms with Gasteiger partial charge < -0.3 is 5.32 Å². The molecular formula is C11H23N. The Hall–Kier alpha value is -0.0400. The molecule has 0 saturated heterocycles. The van der Waals surface area contributed by atoms with Crippen molar-refractivity contribution < 1.29 is 0 Å². The molecule has 1 nitrogen and oxygen atoms in total. The third-order valence-corrected chi connectivity index (χ3v) is 2.94. The van der Waals surface area contributed by atoms with Gasteiger partial charge in [-0.05, 0) is 31.8 Å². The van der Waals surface area contributed by atoms with Crippen molar-refractivity contribution >= 4 is 0 Å². The highest BCUT2D eigenvalue weighted by Gasteiger charge is 2.11. The SMILES string of the molecule is CCNCCCC1CCCCC1. The Kier molecular flexibility index (Phi) is 5.42. The van der Waals surface area contributed by atoms with E-state index in [9.17, 15) is 0 Å². The van der Waals surface area contributed by atoms with Gasteiger partial charge in [0.05, 0.1) is 0 Å². The Bertz CT molecular complexity index is 95.2. The Morgan fingerprint density at radius 3 is 2.58 bits per heavy atom. The molecule has 1 N–H and O–H groups in total. The van der Waals surface area contributed by atoms with E-state index in [0.29, 0.717) is 0 Å². The van der Waals surface area contributed by atoms with Crippen LogP contribution in [0.25, 0.3) is 0 Å². The van der Waals surface area contributed by atoms with Gasteiger partial charge in [0.25, 0.3) is 0 Å². The largest absolute Gasteiger partial charge is 0.317 e. The maximum atomic E-state index is 3.39. The van der Waals surface area contributed by atoms with E-state index in [1.165, 1.54) is 51.5 Å². The van der Waals surface area contributed by atoms with Crippen LogP contribution in [0, 0.1) is 5.92 Å². The molecular weight excluding hydrogens is 146 g/mol. The fourth-order valence-corrected chi connectivity index (χ4v) is 2.17. The molecule has 0 aromatic carbocycles. The summed E-state index contributed by atoms with van der Waals surface area (Å²) in [5.41, 5.74) is 0. The molecule has 0 aromatic rings. The minimum atomic E-state index is 1.07. The highest BCUT2D eigenvalue weighted by Crippen LogP contribution is 2.26. The molecule has 0 heterocycles. The van der Waals surface area contributed by atoms with Crippen LogP contribution in [0.5, 0.6) is 0 Å². The van der Waals surface area contributed by atoms with Crippen LogP contribution in [-0.2, 0) is 0 Å². The van der Waals surface area contributed by atoms with E-state index >= 15 is 0 Å². The Morgan fingerprint density at radius 1 is 1.17 bits per heavy atom. The summed E-state index contributed by atoms with van der Waals surface area (Å²) >= 11 is 0. The summed E-state index contributed by atoms with van der Waals surface area (Å²) in [6.07, 6.45) is 10.3. The second-order valence-corrected chi connectivity index (χ2v) is 4.00. The molecule has 0 unspecified atom stereocenters. The van der Waals surface area contributed by atoms with E-state index in [1.54, 1.807) is 0 Å². The molecule has 12 heavy (non-hydrogen) atoms. The fraction of sp³-hybridized carbons (Fsp3) is 1.00. The van der Waals surface area contributed by atoms with E-state index in [2.05, 4.69) is 12.2 Å². The molecule has 0 atom stereocenters. The zero-order valence-corrected chi connectivity index (χ0v) is 8.44. The zero-order chi connectivity index (χ0) is 8.65. The Balaban J connectivity index is 1.91. The Morgan fingerprint density at radius 2 is 1.92 bits per heavy atom. The minimum Gasteiger partial charge on any atom is -0.317 e. The summed E-state index contributed by atoms with van der Waals surface area (Å²) in [6.45, 7) is 4.54. The van der Waals surface area contributed by atoms with Gasteiger partial charge in [-0.1, -0.05) is 39.0 Å². The normalized spacial score (nSPS) is 19.8. The molecule has 0 aromatic heterocycles. The zero-order valence-electron chi connectivity index (χ0n) is 8.44. The van der Waals surface area contributed by atoms with E-state index < -0.39 is 0 Å². The van der Waals surface area contributed by atoms with E-state index in [0.717, 1.165) is 12.5 Å². The average molecular weight is 169 g/mol. The van der Waals surface area contributed by atoms with Crippen molar-refractivity contribution in [3.8, 4) is 0 Å². The summed E-state index contributed by atoms with van der Waals surface area (Å²) in [7, 11) is 0. The summed E-state index contributed by atoms with van der Waals surface area (Å²) < 4.78 is 0. The number of nitrogens with one attached hydrogen (secondary N) is 1. The first kappa shape index (κ1) is 10.0. The van der Waals surface area contributed by atoms with Crippen molar-refractivity contribution in [3.05, 3.63) is 0 Å². The van der Waals surface area contributed by atoms with Crippen molar-refractivity contribution in [2.45, 2.75) is 51.9 Å². The van der Waals surface area contributed by atoms with Crippen molar-refractivity contribution in [3.63, 3.8) is 0 Å². The second-order valence-electron chi connectivity index (χ2n) is 4.00. The van der Waals surface area contributed by atoms with Gasteiger partial charge in [0.1, 0.15) is 0 Å². The molecule has 0 radical (unpaired) electrons. The molecule has 1 rings (SSSR count). The molecule has 0 aliphatic heterocycles. The molecule has 0 amide bonds. The number of hydrogen-bond donors (Lipinski definition) is 1. The first-order valence-corrected chi connectivity index (χ1v) is 5.64. The van der Waals surface area contributed by atoms with Gasteiger partial charge in [0.15, 0.2) is 0 Å². The number of hydrogen-bond acceptors (Lipinski definition) is 1. The lowest BCUT2D eigenvalue weighted by molar-refractivity contribution is 0.331. The third-order valence-electron chi connectivity index (χ3n) is 2.94. The van der Waals surface area contributed by atoms with Crippen molar-refractivity contribution in [1.82, 2.24) is 5.32 Å². The predicted molar refractivity (Wildman–Crippen MR) is 54.4 cm³/mol. The van der Waals surface area contributed by atoms with Gasteiger partial charge in [-0.25, -0.2) is 0 Å². The van der Waals surface area contributed by atoms with Crippen LogP contribution in [0.2, 0.25) is 0 Å². The maximum absolute atomic E-state index is 3.39. The lowest BCUT2D eigenvalue weighted by Crippen LogP contribution is -2.16. The topological polar surface area (TPSA) is 12.0 Å². The van der Waals surface area contributed by atoms with Crippen LogP contribution in [0.15, 0.2) is 0 Å². The van der Waals surface area contributed by atoms with Gasteiger partial charge in [0.2, 0.25) is 0 Å². The fourth-order valence-electron chi connectivity index (χ4n) is 2.17. The minimum absolute atomic E-state index is 1.07. The van der Waals surface area contributed by atoms with Gasteiger partial charge in [-0.2, -0.15) is 0 Å². The van der Waals surface area contributed by atoms with E-state index in [4.69, 9.17) is 0 Å². The molecule has 1 heteroatoms. The van der Waals surface area contributed by atoms with Gasteiger partial charge in [-0.15, -0.1) is 0 Å². The van der Waals surface area contributed by atoms with Crippen LogP contribution in [-0.4, -0.2) is 13.1 Å². The maximum Gasteiger partial charge on any atom is -0.00489 e. The molecule has 1 aliphatic carbocycles. The highest BCUT2D eigenvalue weighted by molar-refractivity contribution is 4.65. The summed E-state index contributed by atoms with van der Waals surface area (Å²) in [5, 5.41) is 3.39. The highest BCUT2D eigenvalue weighted by atomic mass is 14.8. The monoisotopic (exact) mass is 169 g/mol. The lowest BCUT2D eigenvalue weighted by atomic mass is 9.86. The summed E-state index contributed by atoms with van der Waals surface area (Å²) in [5.74, 6) is 1.07. The smallest absolute Gasteiger partial charge is 0.00489 e. The van der Waals surface area contributed by atoms with Gasteiger partial charge in [0, 0.05) is 0 Å². The molecule has 1 fully saturated rings. The third kappa shape index (κ3) is 4.10. The quantitative estimate of drug-likeness (QED) is 0.624. The summed E-state index contributed by atoms with van der Waals surface area (Å²) in [6, 6.07) is 0. The van der Waals surface area contributed by atoms with E-state index in [1.807, 2.05) is 0 Å². The van der Waals surface area contributed by atoms with Crippen molar-refractivity contribution in [2.75, 3.05) is 13.1 Å². The number of rotatable bonds is 5. The van der Waals surface area contributed by atoms with Crippen LogP contribution in [0.1, 0.15) is 51.9 Å². The van der Waals surface area contributed by atoms with Gasteiger partial charge in [-0.3, -0.25) is 0 Å². The standard InChI is InChI=1S/C11H23N/c1-2-12-10-6-9-11-7-4-3-5-8-11/h11-12H,2-10H2,1H3. The average Bonchev–Trinajstić information content (AvgIpc) is 2.14. The first-order valence-electron chi connectivity index (χ1n) is 5.64. The van der Waals surface area contributed by atoms with E-state index in [-0.39, 0.29) is 0 Å². The molecule has 1 saturated carbocycles. The lowest BCUT2D eigenvalue weighted by Gasteiger charge is -2.21. The molecule has 0 spiro atoms. The van der Waals surface area contributed by atoms with Gasteiger partial charge >= 0.3 is 0 Å². The van der Waals surface area contributed by atoms with Crippen LogP contribution in [0.3, 0.4) is 0 Å². The second kappa shape index (κ2) is 6.47. The first-order chi connectivity index (χ1) is 5.93. The molecule has 0 bridgehead atoms. The van der Waals surface area contributed by atoms with Crippen LogP contribution >= 0.6 is 0 Å². The van der Waals surface area contributed by atoms with Crippen molar-refractivity contribution in [1.29, 1.82) is 0 Å². The van der Waals surface area contributed by atoms with Crippen LogP contribution < -0.4 is 5.32 Å². The predicted octanol–water partition coefficient (Wildman–Crippen LogP) is 2.96. The Labute approximate surface area is 76.9 Å². The summed E-state index contributed by atoms with van der Waals surface area (Å²) in [4.78, 5) is 0. The van der Waals surface area contributed by atoms with Crippen molar-refractivity contribution in [2.24, 2.45) is 5.92 Å².